The number of unbranched alkanes of at least 4 members (excludes halogenated alkanes) is 1. The van der Waals surface area contributed by atoms with Gasteiger partial charge in [-0.05, 0) is 56.0 Å². The Kier molecular flexibility index (Phi) is 6.93. The summed E-state index contributed by atoms with van der Waals surface area (Å²) in [4.78, 5) is 0. The molecule has 1 rings (SSSR count). The summed E-state index contributed by atoms with van der Waals surface area (Å²) >= 11 is 7.63. The molecule has 0 fully saturated rings. The second-order valence-corrected chi connectivity index (χ2v) is 5.44. The SMILES string of the molecule is CSCCCCNC(C)c1ccc(F)c(Cl)c1. The van der Waals surface area contributed by atoms with Crippen molar-refractivity contribution in [2.24, 2.45) is 0 Å². The van der Waals surface area contributed by atoms with Crippen LogP contribution in [0.25, 0.3) is 0 Å². The first-order valence-electron chi connectivity index (χ1n) is 5.82. The Morgan fingerprint density at radius 3 is 2.82 bits per heavy atom. The van der Waals surface area contributed by atoms with Crippen molar-refractivity contribution in [3.63, 3.8) is 0 Å². The van der Waals surface area contributed by atoms with E-state index in [2.05, 4.69) is 18.5 Å². The van der Waals surface area contributed by atoms with Gasteiger partial charge in [-0.2, -0.15) is 11.8 Å². The molecular weight excluding hydrogens is 257 g/mol. The molecular formula is C13H19ClFNS. The van der Waals surface area contributed by atoms with E-state index in [0.29, 0.717) is 0 Å². The van der Waals surface area contributed by atoms with Crippen LogP contribution in [0.2, 0.25) is 5.02 Å². The third-order valence-corrected chi connectivity index (χ3v) is 3.66. The van der Waals surface area contributed by atoms with E-state index in [-0.39, 0.29) is 16.9 Å². The molecule has 4 heteroatoms. The van der Waals surface area contributed by atoms with Crippen molar-refractivity contribution in [2.75, 3.05) is 18.6 Å². The Morgan fingerprint density at radius 1 is 1.41 bits per heavy atom. The monoisotopic (exact) mass is 275 g/mol. The lowest BCUT2D eigenvalue weighted by Crippen LogP contribution is -2.20. The van der Waals surface area contributed by atoms with Crippen LogP contribution in [-0.4, -0.2) is 18.6 Å². The Hall–Kier alpha value is -0.250. The lowest BCUT2D eigenvalue weighted by molar-refractivity contribution is 0.553. The van der Waals surface area contributed by atoms with E-state index in [1.165, 1.54) is 24.7 Å². The highest BCUT2D eigenvalue weighted by Gasteiger charge is 2.07. The number of hydrogen-bond donors (Lipinski definition) is 1. The first kappa shape index (κ1) is 14.8. The Bertz CT molecular complexity index is 346. The third kappa shape index (κ3) is 5.28. The Labute approximate surface area is 112 Å². The highest BCUT2D eigenvalue weighted by atomic mass is 35.5. The summed E-state index contributed by atoms with van der Waals surface area (Å²) in [5.74, 6) is 0.848. The highest BCUT2D eigenvalue weighted by molar-refractivity contribution is 7.98. The molecule has 1 unspecified atom stereocenters. The van der Waals surface area contributed by atoms with Gasteiger partial charge in [-0.3, -0.25) is 0 Å². The normalized spacial score (nSPS) is 12.7. The zero-order valence-corrected chi connectivity index (χ0v) is 11.9. The molecule has 1 atom stereocenters. The molecule has 0 heterocycles. The summed E-state index contributed by atoms with van der Waals surface area (Å²) < 4.78 is 13.0. The van der Waals surface area contributed by atoms with Gasteiger partial charge in [0.15, 0.2) is 0 Å². The van der Waals surface area contributed by atoms with E-state index in [1.807, 2.05) is 11.8 Å². The van der Waals surface area contributed by atoms with Gasteiger partial charge < -0.3 is 5.32 Å². The van der Waals surface area contributed by atoms with Crippen LogP contribution in [-0.2, 0) is 0 Å². The van der Waals surface area contributed by atoms with E-state index in [4.69, 9.17) is 11.6 Å². The highest BCUT2D eigenvalue weighted by Crippen LogP contribution is 2.20. The Morgan fingerprint density at radius 2 is 2.18 bits per heavy atom. The molecule has 1 aromatic rings. The number of halogens is 2. The van der Waals surface area contributed by atoms with E-state index in [0.717, 1.165) is 12.1 Å². The maximum atomic E-state index is 13.0. The fourth-order valence-corrected chi connectivity index (χ4v) is 2.27. The molecule has 0 radical (unpaired) electrons. The van der Waals surface area contributed by atoms with Crippen LogP contribution >= 0.6 is 23.4 Å². The van der Waals surface area contributed by atoms with Crippen LogP contribution in [0.5, 0.6) is 0 Å². The zero-order chi connectivity index (χ0) is 12.7. The van der Waals surface area contributed by atoms with Gasteiger partial charge in [0, 0.05) is 6.04 Å². The van der Waals surface area contributed by atoms with Crippen molar-refractivity contribution in [3.8, 4) is 0 Å². The molecule has 0 spiro atoms. The summed E-state index contributed by atoms with van der Waals surface area (Å²) in [5, 5.41) is 3.61. The first-order valence-corrected chi connectivity index (χ1v) is 7.59. The van der Waals surface area contributed by atoms with E-state index >= 15 is 0 Å². The summed E-state index contributed by atoms with van der Waals surface area (Å²) in [6.45, 7) is 3.05. The topological polar surface area (TPSA) is 12.0 Å². The molecule has 96 valence electrons. The number of thioether (sulfide) groups is 1. The van der Waals surface area contributed by atoms with Crippen molar-refractivity contribution < 1.29 is 4.39 Å². The van der Waals surface area contributed by atoms with Crippen LogP contribution in [0.4, 0.5) is 4.39 Å². The molecule has 1 aromatic carbocycles. The van der Waals surface area contributed by atoms with E-state index in [9.17, 15) is 4.39 Å². The molecule has 0 aliphatic carbocycles. The molecule has 0 aliphatic rings. The molecule has 1 N–H and O–H groups in total. The molecule has 17 heavy (non-hydrogen) atoms. The van der Waals surface area contributed by atoms with Gasteiger partial charge in [0.05, 0.1) is 5.02 Å². The fraction of sp³-hybridized carbons (Fsp3) is 0.538. The van der Waals surface area contributed by atoms with Gasteiger partial charge in [0.25, 0.3) is 0 Å². The predicted molar refractivity (Wildman–Crippen MR) is 75.4 cm³/mol. The average molecular weight is 276 g/mol. The molecule has 0 saturated heterocycles. The third-order valence-electron chi connectivity index (χ3n) is 2.67. The van der Waals surface area contributed by atoms with Crippen LogP contribution < -0.4 is 5.32 Å². The minimum absolute atomic E-state index is 0.193. The second kappa shape index (κ2) is 7.96. The largest absolute Gasteiger partial charge is 0.310 e. The van der Waals surface area contributed by atoms with Gasteiger partial charge >= 0.3 is 0 Å². The maximum Gasteiger partial charge on any atom is 0.141 e. The minimum atomic E-state index is -0.359. The first-order chi connectivity index (χ1) is 8.15. The number of benzene rings is 1. The van der Waals surface area contributed by atoms with Crippen LogP contribution in [0.1, 0.15) is 31.4 Å². The summed E-state index contributed by atoms with van der Waals surface area (Å²) in [6.07, 6.45) is 4.52. The quantitative estimate of drug-likeness (QED) is 0.746. The fourth-order valence-electron chi connectivity index (χ4n) is 1.59. The van der Waals surface area contributed by atoms with Gasteiger partial charge in [-0.1, -0.05) is 17.7 Å². The van der Waals surface area contributed by atoms with Crippen molar-refractivity contribution in [1.82, 2.24) is 5.32 Å². The molecule has 1 nitrogen and oxygen atoms in total. The van der Waals surface area contributed by atoms with E-state index in [1.54, 1.807) is 12.1 Å². The van der Waals surface area contributed by atoms with Gasteiger partial charge in [0.1, 0.15) is 5.82 Å². The second-order valence-electron chi connectivity index (χ2n) is 4.05. The van der Waals surface area contributed by atoms with Crippen LogP contribution in [0.3, 0.4) is 0 Å². The van der Waals surface area contributed by atoms with Crippen molar-refractivity contribution in [3.05, 3.63) is 34.6 Å². The number of rotatable bonds is 7. The van der Waals surface area contributed by atoms with Gasteiger partial charge in [-0.25, -0.2) is 4.39 Å². The standard InChI is InChI=1S/C13H19ClFNS/c1-10(16-7-3-4-8-17-2)11-5-6-13(15)12(14)9-11/h5-6,9-10,16H,3-4,7-8H2,1-2H3. The molecule has 0 aromatic heterocycles. The lowest BCUT2D eigenvalue weighted by atomic mass is 10.1. The predicted octanol–water partition coefficient (Wildman–Crippen LogP) is 4.27. The van der Waals surface area contributed by atoms with E-state index < -0.39 is 0 Å². The molecule has 0 aliphatic heterocycles. The van der Waals surface area contributed by atoms with Crippen LogP contribution in [0, 0.1) is 5.82 Å². The summed E-state index contributed by atoms with van der Waals surface area (Å²) in [7, 11) is 0. The zero-order valence-electron chi connectivity index (χ0n) is 10.3. The molecule has 0 saturated carbocycles. The maximum absolute atomic E-state index is 13.0. The number of nitrogens with one attached hydrogen (secondary N) is 1. The molecule has 0 amide bonds. The van der Waals surface area contributed by atoms with Gasteiger partial charge in [-0.15, -0.1) is 0 Å². The minimum Gasteiger partial charge on any atom is -0.310 e. The van der Waals surface area contributed by atoms with Crippen molar-refractivity contribution in [2.45, 2.75) is 25.8 Å². The van der Waals surface area contributed by atoms with Crippen molar-refractivity contribution in [1.29, 1.82) is 0 Å². The van der Waals surface area contributed by atoms with Crippen molar-refractivity contribution >= 4 is 23.4 Å². The summed E-state index contributed by atoms with van der Waals surface area (Å²) in [5.41, 5.74) is 1.03. The number of hydrogen-bond acceptors (Lipinski definition) is 2. The van der Waals surface area contributed by atoms with Crippen LogP contribution in [0.15, 0.2) is 18.2 Å². The Balaban J connectivity index is 2.36. The molecule has 0 bridgehead atoms. The average Bonchev–Trinajstić information content (AvgIpc) is 2.32. The van der Waals surface area contributed by atoms with Gasteiger partial charge in [0.2, 0.25) is 0 Å². The summed E-state index contributed by atoms with van der Waals surface area (Å²) in [6, 6.07) is 5.10. The lowest BCUT2D eigenvalue weighted by Gasteiger charge is -2.14. The smallest absolute Gasteiger partial charge is 0.141 e.